The Balaban J connectivity index is 1.54. The second kappa shape index (κ2) is 10.6. The molecular weight excluding hydrogens is 456 g/mol. The van der Waals surface area contributed by atoms with Crippen LogP contribution in [0, 0.1) is 0 Å². The maximum absolute atomic E-state index is 10.0. The van der Waals surface area contributed by atoms with Crippen molar-refractivity contribution >= 4 is 0 Å². The summed E-state index contributed by atoms with van der Waals surface area (Å²) in [6, 6.07) is 41.4. The molecule has 0 saturated carbocycles. The number of hydrogen-bond acceptors (Lipinski definition) is 3. The Morgan fingerprint density at radius 2 is 0.703 bits per heavy atom. The lowest BCUT2D eigenvalue weighted by Crippen LogP contribution is -2.31. The molecule has 5 aromatic carbocycles. The lowest BCUT2D eigenvalue weighted by atomic mass is 9.65. The molecule has 3 N–H and O–H groups in total. The number of rotatable bonds is 8. The fraction of sp³-hybridized carbons (Fsp3) is 0.118. The van der Waals surface area contributed by atoms with Gasteiger partial charge in [-0.15, -0.1) is 0 Å². The second-order valence-corrected chi connectivity index (χ2v) is 9.43. The fourth-order valence-electron chi connectivity index (χ4n) is 5.19. The molecule has 0 unspecified atom stereocenters. The Labute approximate surface area is 218 Å². The molecule has 0 fully saturated rings. The Morgan fingerprint density at radius 3 is 1.14 bits per heavy atom. The van der Waals surface area contributed by atoms with Crippen molar-refractivity contribution in [2.24, 2.45) is 0 Å². The molecule has 3 nitrogen and oxygen atoms in total. The zero-order valence-corrected chi connectivity index (χ0v) is 20.6. The Morgan fingerprint density at radius 1 is 0.378 bits per heavy atom. The highest BCUT2D eigenvalue weighted by atomic mass is 16.3. The van der Waals surface area contributed by atoms with Crippen molar-refractivity contribution in [1.29, 1.82) is 0 Å². The van der Waals surface area contributed by atoms with Crippen LogP contribution in [0.1, 0.15) is 39.8 Å². The van der Waals surface area contributed by atoms with Gasteiger partial charge in [-0.2, -0.15) is 0 Å². The molecule has 0 aromatic heterocycles. The van der Waals surface area contributed by atoms with Gasteiger partial charge >= 0.3 is 0 Å². The SMILES string of the molecule is Oc1ccc(CCCc2ccc(C(c3ccccc3)(c3ccc(O)cc3)c3ccc(O)cc3)cc2)cc1. The van der Waals surface area contributed by atoms with Gasteiger partial charge in [0, 0.05) is 0 Å². The maximum Gasteiger partial charge on any atom is 0.115 e. The molecule has 37 heavy (non-hydrogen) atoms. The highest BCUT2D eigenvalue weighted by Gasteiger charge is 2.38. The Hall–Kier alpha value is -4.50. The number of aryl methyl sites for hydroxylation is 2. The van der Waals surface area contributed by atoms with Gasteiger partial charge in [0.25, 0.3) is 0 Å². The largest absolute Gasteiger partial charge is 0.508 e. The first-order chi connectivity index (χ1) is 18.1. The van der Waals surface area contributed by atoms with Crippen LogP contribution in [-0.4, -0.2) is 15.3 Å². The Kier molecular flexibility index (Phi) is 6.96. The summed E-state index contributed by atoms with van der Waals surface area (Å²) in [6.45, 7) is 0. The third-order valence-electron chi connectivity index (χ3n) is 7.06. The summed E-state index contributed by atoms with van der Waals surface area (Å²) in [5.41, 5.74) is 6.12. The summed E-state index contributed by atoms with van der Waals surface area (Å²) in [5.74, 6) is 0.740. The maximum atomic E-state index is 10.0. The molecule has 0 spiro atoms. The summed E-state index contributed by atoms with van der Waals surface area (Å²) in [5, 5.41) is 29.6. The highest BCUT2D eigenvalue weighted by molar-refractivity contribution is 5.60. The molecule has 0 radical (unpaired) electrons. The van der Waals surface area contributed by atoms with Gasteiger partial charge in [-0.05, 0) is 89.0 Å². The first-order valence-corrected chi connectivity index (χ1v) is 12.6. The van der Waals surface area contributed by atoms with Gasteiger partial charge in [0.2, 0.25) is 0 Å². The second-order valence-electron chi connectivity index (χ2n) is 9.43. The molecule has 0 atom stereocenters. The number of phenolic OH excluding ortho intramolecular Hbond substituents is 3. The van der Waals surface area contributed by atoms with Crippen LogP contribution < -0.4 is 0 Å². The summed E-state index contributed by atoms with van der Waals surface area (Å²) in [7, 11) is 0. The zero-order chi connectivity index (χ0) is 25.7. The minimum atomic E-state index is -0.632. The molecule has 184 valence electrons. The van der Waals surface area contributed by atoms with Crippen LogP contribution in [-0.2, 0) is 18.3 Å². The molecule has 0 aliphatic heterocycles. The van der Waals surface area contributed by atoms with Crippen molar-refractivity contribution in [3.63, 3.8) is 0 Å². The monoisotopic (exact) mass is 486 g/mol. The lowest BCUT2D eigenvalue weighted by Gasteiger charge is -2.37. The van der Waals surface area contributed by atoms with Crippen molar-refractivity contribution < 1.29 is 15.3 Å². The van der Waals surface area contributed by atoms with Crippen molar-refractivity contribution in [1.82, 2.24) is 0 Å². The normalized spacial score (nSPS) is 11.4. The number of benzene rings is 5. The smallest absolute Gasteiger partial charge is 0.115 e. The third-order valence-corrected chi connectivity index (χ3v) is 7.06. The van der Waals surface area contributed by atoms with Crippen LogP contribution in [0.2, 0.25) is 0 Å². The quantitative estimate of drug-likeness (QED) is 0.201. The molecule has 5 aromatic rings. The van der Waals surface area contributed by atoms with Crippen LogP contribution in [0.4, 0.5) is 0 Å². The number of hydrogen-bond donors (Lipinski definition) is 3. The van der Waals surface area contributed by atoms with Gasteiger partial charge in [-0.3, -0.25) is 0 Å². The molecule has 0 aliphatic rings. The summed E-state index contributed by atoms with van der Waals surface area (Å²) in [4.78, 5) is 0. The van der Waals surface area contributed by atoms with E-state index in [1.54, 1.807) is 36.4 Å². The van der Waals surface area contributed by atoms with E-state index in [0.29, 0.717) is 5.75 Å². The molecular formula is C34H30O3. The number of aromatic hydroxyl groups is 3. The fourth-order valence-corrected chi connectivity index (χ4v) is 5.19. The minimum Gasteiger partial charge on any atom is -0.508 e. The van der Waals surface area contributed by atoms with E-state index < -0.39 is 5.41 Å². The molecule has 0 heterocycles. The lowest BCUT2D eigenvalue weighted by molar-refractivity contribution is 0.474. The van der Waals surface area contributed by atoms with Crippen LogP contribution in [0.15, 0.2) is 127 Å². The standard InChI is InChI=1S/C34H30O3/c35-31-19-11-26(12-20-31)6-4-5-25-9-13-28(14-10-25)34(27-7-2-1-3-8-27,29-15-21-32(36)22-16-29)30-17-23-33(37)24-18-30/h1-3,7-24,35-37H,4-6H2. The number of phenols is 3. The van der Waals surface area contributed by atoms with E-state index in [1.165, 1.54) is 11.1 Å². The molecule has 0 bridgehead atoms. The van der Waals surface area contributed by atoms with Gasteiger partial charge in [0.1, 0.15) is 17.2 Å². The van der Waals surface area contributed by atoms with Crippen LogP contribution in [0.5, 0.6) is 17.2 Å². The molecule has 5 rings (SSSR count). The van der Waals surface area contributed by atoms with Crippen molar-refractivity contribution in [3.8, 4) is 17.2 Å². The predicted octanol–water partition coefficient (Wildman–Crippen LogP) is 7.36. The topological polar surface area (TPSA) is 60.7 Å². The van der Waals surface area contributed by atoms with Gasteiger partial charge < -0.3 is 15.3 Å². The first-order valence-electron chi connectivity index (χ1n) is 12.6. The molecule has 0 saturated heterocycles. The van der Waals surface area contributed by atoms with Gasteiger partial charge in [-0.25, -0.2) is 0 Å². The predicted molar refractivity (Wildman–Crippen MR) is 148 cm³/mol. The summed E-state index contributed by atoms with van der Waals surface area (Å²) >= 11 is 0. The zero-order valence-electron chi connectivity index (χ0n) is 20.6. The first kappa shape index (κ1) is 24.2. The van der Waals surface area contributed by atoms with E-state index in [1.807, 2.05) is 54.6 Å². The van der Waals surface area contributed by atoms with Crippen LogP contribution in [0.3, 0.4) is 0 Å². The highest BCUT2D eigenvalue weighted by Crippen LogP contribution is 2.45. The average molecular weight is 487 g/mol. The van der Waals surface area contributed by atoms with Gasteiger partial charge in [-0.1, -0.05) is 91.0 Å². The van der Waals surface area contributed by atoms with E-state index in [9.17, 15) is 15.3 Å². The van der Waals surface area contributed by atoms with Crippen molar-refractivity contribution in [3.05, 3.63) is 161 Å². The van der Waals surface area contributed by atoms with Crippen molar-refractivity contribution in [2.45, 2.75) is 24.7 Å². The molecule has 3 heteroatoms. The average Bonchev–Trinajstić information content (AvgIpc) is 2.93. The van der Waals surface area contributed by atoms with Gasteiger partial charge in [0.15, 0.2) is 0 Å². The van der Waals surface area contributed by atoms with E-state index >= 15 is 0 Å². The Bertz CT molecular complexity index is 1380. The van der Waals surface area contributed by atoms with E-state index in [0.717, 1.165) is 41.5 Å². The molecule has 0 amide bonds. The minimum absolute atomic E-state index is 0.223. The van der Waals surface area contributed by atoms with Crippen molar-refractivity contribution in [2.75, 3.05) is 0 Å². The van der Waals surface area contributed by atoms with Gasteiger partial charge in [0.05, 0.1) is 5.41 Å². The molecule has 0 aliphatic carbocycles. The van der Waals surface area contributed by atoms with E-state index in [4.69, 9.17) is 0 Å². The third kappa shape index (κ3) is 5.07. The van der Waals surface area contributed by atoms with E-state index in [-0.39, 0.29) is 11.5 Å². The van der Waals surface area contributed by atoms with Crippen LogP contribution in [0.25, 0.3) is 0 Å². The summed E-state index contributed by atoms with van der Waals surface area (Å²) < 4.78 is 0. The van der Waals surface area contributed by atoms with Crippen LogP contribution >= 0.6 is 0 Å². The summed E-state index contributed by atoms with van der Waals surface area (Å²) in [6.07, 6.45) is 2.93. The van der Waals surface area contributed by atoms with E-state index in [2.05, 4.69) is 36.4 Å².